The van der Waals surface area contributed by atoms with E-state index < -0.39 is 0 Å². The molecule has 0 saturated carbocycles. The highest BCUT2D eigenvalue weighted by Gasteiger charge is 2.05. The summed E-state index contributed by atoms with van der Waals surface area (Å²) in [6.07, 6.45) is 1.62. The van der Waals surface area contributed by atoms with E-state index >= 15 is 0 Å². The third-order valence-corrected chi connectivity index (χ3v) is 3.31. The van der Waals surface area contributed by atoms with Crippen LogP contribution in [0.25, 0.3) is 0 Å². The number of nitrogens with zero attached hydrogens (tertiary/aromatic N) is 3. The first kappa shape index (κ1) is 14.2. The molecule has 2 rings (SSSR count). The third kappa shape index (κ3) is 4.44. The second-order valence-corrected chi connectivity index (χ2v) is 5.90. The molecule has 0 fully saturated rings. The highest BCUT2D eigenvalue weighted by molar-refractivity contribution is 9.10. The minimum Gasteiger partial charge on any atom is -0.310 e. The fourth-order valence-electron chi connectivity index (χ4n) is 1.79. The molecular weight excluding hydrogens is 304 g/mol. The molecule has 1 aromatic carbocycles. The Bertz CT molecular complexity index is 504. The third-order valence-electron chi connectivity index (χ3n) is 2.78. The van der Waals surface area contributed by atoms with Crippen molar-refractivity contribution in [1.29, 1.82) is 0 Å². The van der Waals surface area contributed by atoms with Crippen molar-refractivity contribution < 1.29 is 0 Å². The maximum Gasteiger partial charge on any atom is 0.141 e. The molecule has 0 unspecified atom stereocenters. The van der Waals surface area contributed by atoms with E-state index in [-0.39, 0.29) is 0 Å². The average Bonchev–Trinajstić information content (AvgIpc) is 2.79. The Morgan fingerprint density at radius 2 is 2.00 bits per heavy atom. The van der Waals surface area contributed by atoms with E-state index in [1.807, 2.05) is 16.8 Å². The summed E-state index contributed by atoms with van der Waals surface area (Å²) in [4.78, 5) is 4.31. The van der Waals surface area contributed by atoms with Gasteiger partial charge in [-0.3, -0.25) is 0 Å². The molecule has 2 aromatic rings. The standard InChI is InChI=1S/C14H19BrN4/c1-11(2)7-16-8-14-17-10-18-19(14)9-12-3-5-13(15)6-4-12/h3-6,10-11,16H,7-9H2,1-2H3. The van der Waals surface area contributed by atoms with Gasteiger partial charge in [0.05, 0.1) is 13.1 Å². The van der Waals surface area contributed by atoms with Crippen LogP contribution in [0.1, 0.15) is 25.2 Å². The van der Waals surface area contributed by atoms with Crippen LogP contribution in [0.2, 0.25) is 0 Å². The van der Waals surface area contributed by atoms with Crippen LogP contribution in [-0.2, 0) is 13.1 Å². The number of aromatic nitrogens is 3. The maximum atomic E-state index is 4.31. The van der Waals surface area contributed by atoms with Crippen LogP contribution in [-0.4, -0.2) is 21.3 Å². The quantitative estimate of drug-likeness (QED) is 0.889. The van der Waals surface area contributed by atoms with E-state index in [2.05, 4.69) is 57.3 Å². The predicted octanol–water partition coefficient (Wildman–Crippen LogP) is 2.83. The summed E-state index contributed by atoms with van der Waals surface area (Å²) in [6.45, 7) is 6.89. The Morgan fingerprint density at radius 1 is 1.26 bits per heavy atom. The Kier molecular flexibility index (Phi) is 5.10. The molecule has 4 nitrogen and oxygen atoms in total. The fraction of sp³-hybridized carbons (Fsp3) is 0.429. The number of hydrogen-bond acceptors (Lipinski definition) is 3. The minimum atomic E-state index is 0.642. The molecule has 0 spiro atoms. The van der Waals surface area contributed by atoms with Gasteiger partial charge in [0, 0.05) is 4.47 Å². The molecule has 0 aliphatic heterocycles. The normalized spacial score (nSPS) is 11.2. The van der Waals surface area contributed by atoms with Gasteiger partial charge in [-0.25, -0.2) is 9.67 Å². The molecule has 0 bridgehead atoms. The zero-order valence-corrected chi connectivity index (χ0v) is 12.9. The van der Waals surface area contributed by atoms with Gasteiger partial charge in [-0.15, -0.1) is 0 Å². The van der Waals surface area contributed by atoms with Crippen molar-refractivity contribution in [1.82, 2.24) is 20.1 Å². The number of benzene rings is 1. The summed E-state index contributed by atoms with van der Waals surface area (Å²) in [7, 11) is 0. The summed E-state index contributed by atoms with van der Waals surface area (Å²) >= 11 is 3.44. The van der Waals surface area contributed by atoms with Gasteiger partial charge in [0.1, 0.15) is 12.2 Å². The lowest BCUT2D eigenvalue weighted by atomic mass is 10.2. The van der Waals surface area contributed by atoms with E-state index in [1.165, 1.54) is 5.56 Å². The topological polar surface area (TPSA) is 42.7 Å². The summed E-state index contributed by atoms with van der Waals surface area (Å²) in [5.74, 6) is 1.62. The SMILES string of the molecule is CC(C)CNCc1ncnn1Cc1ccc(Br)cc1. The summed E-state index contributed by atoms with van der Waals surface area (Å²) in [5.41, 5.74) is 1.22. The van der Waals surface area contributed by atoms with Crippen LogP contribution >= 0.6 is 15.9 Å². The number of rotatable bonds is 6. The first-order chi connectivity index (χ1) is 9.15. The van der Waals surface area contributed by atoms with Gasteiger partial charge < -0.3 is 5.32 Å². The van der Waals surface area contributed by atoms with Gasteiger partial charge >= 0.3 is 0 Å². The van der Waals surface area contributed by atoms with Gasteiger partial charge in [-0.05, 0) is 30.2 Å². The van der Waals surface area contributed by atoms with Crippen LogP contribution < -0.4 is 5.32 Å². The molecular formula is C14H19BrN4. The number of nitrogens with one attached hydrogen (secondary N) is 1. The Morgan fingerprint density at radius 3 is 2.68 bits per heavy atom. The van der Waals surface area contributed by atoms with Crippen molar-refractivity contribution in [3.05, 3.63) is 46.5 Å². The zero-order valence-electron chi connectivity index (χ0n) is 11.3. The van der Waals surface area contributed by atoms with E-state index in [0.717, 1.165) is 29.9 Å². The first-order valence-electron chi connectivity index (χ1n) is 6.47. The molecule has 102 valence electrons. The number of hydrogen-bond donors (Lipinski definition) is 1. The second-order valence-electron chi connectivity index (χ2n) is 4.99. The smallest absolute Gasteiger partial charge is 0.141 e. The molecule has 0 amide bonds. The van der Waals surface area contributed by atoms with Crippen LogP contribution in [0.3, 0.4) is 0 Å². The minimum absolute atomic E-state index is 0.642. The Balaban J connectivity index is 1.97. The van der Waals surface area contributed by atoms with Crippen molar-refractivity contribution in [2.45, 2.75) is 26.9 Å². The van der Waals surface area contributed by atoms with Gasteiger partial charge in [-0.1, -0.05) is 41.9 Å². The van der Waals surface area contributed by atoms with E-state index in [4.69, 9.17) is 0 Å². The number of halogens is 1. The van der Waals surface area contributed by atoms with Crippen molar-refractivity contribution in [2.24, 2.45) is 5.92 Å². The molecule has 1 heterocycles. The molecule has 1 aromatic heterocycles. The summed E-state index contributed by atoms with van der Waals surface area (Å²) in [5, 5.41) is 7.68. The molecule has 0 aliphatic carbocycles. The molecule has 19 heavy (non-hydrogen) atoms. The molecule has 1 N–H and O–H groups in total. The summed E-state index contributed by atoms with van der Waals surface area (Å²) in [6, 6.07) is 8.28. The maximum absolute atomic E-state index is 4.31. The van der Waals surface area contributed by atoms with Gasteiger partial charge in [0.2, 0.25) is 0 Å². The largest absolute Gasteiger partial charge is 0.310 e. The van der Waals surface area contributed by atoms with Crippen molar-refractivity contribution in [3.63, 3.8) is 0 Å². The molecule has 0 saturated heterocycles. The molecule has 0 radical (unpaired) electrons. The Hall–Kier alpha value is -1.20. The van der Waals surface area contributed by atoms with Gasteiger partial charge in [-0.2, -0.15) is 5.10 Å². The van der Waals surface area contributed by atoms with Crippen LogP contribution in [0.4, 0.5) is 0 Å². The lowest BCUT2D eigenvalue weighted by Crippen LogP contribution is -2.22. The average molecular weight is 323 g/mol. The molecule has 0 aliphatic rings. The molecule has 0 atom stereocenters. The zero-order chi connectivity index (χ0) is 13.7. The lowest BCUT2D eigenvalue weighted by Gasteiger charge is -2.09. The highest BCUT2D eigenvalue weighted by atomic mass is 79.9. The predicted molar refractivity (Wildman–Crippen MR) is 79.8 cm³/mol. The van der Waals surface area contributed by atoms with E-state index in [9.17, 15) is 0 Å². The second kappa shape index (κ2) is 6.82. The molecule has 5 heteroatoms. The van der Waals surface area contributed by atoms with Gasteiger partial charge in [0.25, 0.3) is 0 Å². The van der Waals surface area contributed by atoms with E-state index in [1.54, 1.807) is 6.33 Å². The Labute approximate surface area is 122 Å². The van der Waals surface area contributed by atoms with Crippen LogP contribution in [0.15, 0.2) is 35.1 Å². The monoisotopic (exact) mass is 322 g/mol. The van der Waals surface area contributed by atoms with Gasteiger partial charge in [0.15, 0.2) is 0 Å². The van der Waals surface area contributed by atoms with E-state index in [0.29, 0.717) is 5.92 Å². The van der Waals surface area contributed by atoms with Crippen LogP contribution in [0, 0.1) is 5.92 Å². The highest BCUT2D eigenvalue weighted by Crippen LogP contribution is 2.11. The van der Waals surface area contributed by atoms with Crippen molar-refractivity contribution >= 4 is 15.9 Å². The fourth-order valence-corrected chi connectivity index (χ4v) is 2.06. The van der Waals surface area contributed by atoms with Crippen molar-refractivity contribution in [2.75, 3.05) is 6.54 Å². The van der Waals surface area contributed by atoms with Crippen molar-refractivity contribution in [3.8, 4) is 0 Å². The van der Waals surface area contributed by atoms with Crippen LogP contribution in [0.5, 0.6) is 0 Å². The lowest BCUT2D eigenvalue weighted by molar-refractivity contribution is 0.523. The summed E-state index contributed by atoms with van der Waals surface area (Å²) < 4.78 is 3.03. The first-order valence-corrected chi connectivity index (χ1v) is 7.26.